The largest absolute Gasteiger partial charge is 0.462 e. The van der Waals surface area contributed by atoms with Gasteiger partial charge in [-0.05, 0) is 24.9 Å². The van der Waals surface area contributed by atoms with E-state index in [1.165, 1.54) is 27.7 Å². The van der Waals surface area contributed by atoms with Crippen LogP contribution in [0.15, 0.2) is 10.2 Å². The SMILES string of the molecule is CC(=O)OC[C@H](OC(C)=O)[C@H]1OC[C@H](O)[C@H]1N=[N+]=[N-].CC(=O)OC[C@H](OC(C)=O)[C@H]1O[C@@H]2OC(C)(C)O[C@@H]2[C@H]1N=[N+]=[N-]. The van der Waals surface area contributed by atoms with E-state index in [-0.39, 0.29) is 19.8 Å². The number of nitrogens with zero attached hydrogens (tertiary/aromatic N) is 6. The lowest BCUT2D eigenvalue weighted by Gasteiger charge is -2.28. The molecule has 3 aliphatic rings. The second-order valence-electron chi connectivity index (χ2n) is 9.73. The highest BCUT2D eigenvalue weighted by molar-refractivity contribution is 5.67. The van der Waals surface area contributed by atoms with Crippen LogP contribution in [-0.2, 0) is 57.1 Å². The molecule has 3 heterocycles. The van der Waals surface area contributed by atoms with Crippen molar-refractivity contribution in [1.82, 2.24) is 0 Å². The summed E-state index contributed by atoms with van der Waals surface area (Å²) in [5.41, 5.74) is 17.2. The number of esters is 4. The van der Waals surface area contributed by atoms with Gasteiger partial charge in [-0.3, -0.25) is 19.2 Å². The van der Waals surface area contributed by atoms with Gasteiger partial charge in [-0.15, -0.1) is 0 Å². The Hall–Kier alpha value is -3.70. The van der Waals surface area contributed by atoms with E-state index in [4.69, 9.17) is 49.0 Å². The first-order valence-corrected chi connectivity index (χ1v) is 12.7. The predicted molar refractivity (Wildman–Crippen MR) is 135 cm³/mol. The van der Waals surface area contributed by atoms with Crippen molar-refractivity contribution in [2.24, 2.45) is 10.2 Å². The molecule has 0 aromatic heterocycles. The number of hydrogen-bond acceptors (Lipinski definition) is 15. The summed E-state index contributed by atoms with van der Waals surface area (Å²) >= 11 is 0. The number of aliphatic hydroxyl groups excluding tert-OH is 1. The maximum Gasteiger partial charge on any atom is 0.303 e. The van der Waals surface area contributed by atoms with Gasteiger partial charge < -0.3 is 43.0 Å². The second-order valence-corrected chi connectivity index (χ2v) is 9.73. The van der Waals surface area contributed by atoms with Crippen LogP contribution in [-0.4, -0.2) is 110 Å². The molecule has 0 bridgehead atoms. The van der Waals surface area contributed by atoms with Gasteiger partial charge in [-0.1, -0.05) is 10.2 Å². The zero-order valence-corrected chi connectivity index (χ0v) is 23.8. The van der Waals surface area contributed by atoms with Crippen molar-refractivity contribution < 1.29 is 62.2 Å². The summed E-state index contributed by atoms with van der Waals surface area (Å²) in [5, 5.41) is 16.7. The Morgan fingerprint density at radius 2 is 1.36 bits per heavy atom. The number of hydrogen-bond donors (Lipinski definition) is 1. The molecule has 42 heavy (non-hydrogen) atoms. The molecule has 0 amide bonds. The van der Waals surface area contributed by atoms with Gasteiger partial charge in [0, 0.05) is 37.5 Å². The average Bonchev–Trinajstić information content (AvgIpc) is 3.50. The Bertz CT molecular complexity index is 1090. The van der Waals surface area contributed by atoms with Crippen LogP contribution in [0.25, 0.3) is 20.9 Å². The van der Waals surface area contributed by atoms with Crippen LogP contribution in [0.2, 0.25) is 0 Å². The Labute approximate surface area is 239 Å². The van der Waals surface area contributed by atoms with Crippen molar-refractivity contribution in [2.75, 3.05) is 19.8 Å². The molecule has 3 fully saturated rings. The third-order valence-electron chi connectivity index (χ3n) is 5.88. The summed E-state index contributed by atoms with van der Waals surface area (Å²) in [6.45, 7) is 7.76. The average molecular weight is 603 g/mol. The molecule has 0 aliphatic carbocycles. The van der Waals surface area contributed by atoms with E-state index in [9.17, 15) is 24.3 Å². The van der Waals surface area contributed by atoms with Gasteiger partial charge in [0.1, 0.15) is 31.5 Å². The van der Waals surface area contributed by atoms with Crippen molar-refractivity contribution in [2.45, 2.75) is 102 Å². The summed E-state index contributed by atoms with van der Waals surface area (Å²) in [4.78, 5) is 49.5. The van der Waals surface area contributed by atoms with E-state index in [2.05, 4.69) is 20.1 Å². The minimum Gasteiger partial charge on any atom is -0.462 e. The molecule has 3 aliphatic heterocycles. The van der Waals surface area contributed by atoms with Crippen molar-refractivity contribution in [3.63, 3.8) is 0 Å². The van der Waals surface area contributed by atoms with E-state index in [1.54, 1.807) is 13.8 Å². The molecular weight excluding hydrogens is 568 g/mol. The van der Waals surface area contributed by atoms with Crippen LogP contribution >= 0.6 is 0 Å². The molecule has 0 unspecified atom stereocenters. The summed E-state index contributed by atoms with van der Waals surface area (Å²) < 4.78 is 42.0. The zero-order valence-electron chi connectivity index (χ0n) is 23.8. The van der Waals surface area contributed by atoms with Gasteiger partial charge in [0.05, 0.1) is 24.8 Å². The highest BCUT2D eigenvalue weighted by Crippen LogP contribution is 2.40. The normalized spacial score (nSPS) is 30.1. The van der Waals surface area contributed by atoms with Crippen LogP contribution in [0, 0.1) is 0 Å². The molecule has 19 nitrogen and oxygen atoms in total. The Morgan fingerprint density at radius 3 is 1.83 bits per heavy atom. The minimum atomic E-state index is -0.990. The highest BCUT2D eigenvalue weighted by atomic mass is 16.8. The molecular formula is C23H34N6O13. The van der Waals surface area contributed by atoms with Gasteiger partial charge in [0.2, 0.25) is 0 Å². The van der Waals surface area contributed by atoms with Gasteiger partial charge in [0.15, 0.2) is 24.3 Å². The number of aliphatic hydroxyl groups is 1. The first kappa shape index (κ1) is 34.5. The van der Waals surface area contributed by atoms with Gasteiger partial charge in [0.25, 0.3) is 0 Å². The molecule has 0 aromatic carbocycles. The van der Waals surface area contributed by atoms with Crippen molar-refractivity contribution in [3.8, 4) is 0 Å². The van der Waals surface area contributed by atoms with E-state index in [0.29, 0.717) is 0 Å². The molecule has 1 N–H and O–H groups in total. The van der Waals surface area contributed by atoms with Crippen LogP contribution in [0.3, 0.4) is 0 Å². The quantitative estimate of drug-likeness (QED) is 0.120. The summed E-state index contributed by atoms with van der Waals surface area (Å²) in [5.74, 6) is -3.13. The van der Waals surface area contributed by atoms with Crippen molar-refractivity contribution in [3.05, 3.63) is 20.9 Å². The topological polar surface area (TPSA) is 260 Å². The Morgan fingerprint density at radius 1 is 0.857 bits per heavy atom. The highest BCUT2D eigenvalue weighted by Gasteiger charge is 2.57. The number of carbonyl (C=O) groups is 4. The van der Waals surface area contributed by atoms with Crippen molar-refractivity contribution >= 4 is 23.9 Å². The lowest BCUT2D eigenvalue weighted by Crippen LogP contribution is -2.44. The minimum absolute atomic E-state index is 0.0494. The molecule has 0 aromatic rings. The number of carbonyl (C=O) groups excluding carboxylic acids is 4. The molecule has 0 radical (unpaired) electrons. The van der Waals surface area contributed by atoms with Crippen LogP contribution in [0.5, 0.6) is 0 Å². The number of rotatable bonds is 10. The number of ether oxygens (including phenoxy) is 8. The van der Waals surface area contributed by atoms with Crippen molar-refractivity contribution in [1.29, 1.82) is 0 Å². The summed E-state index contributed by atoms with van der Waals surface area (Å²) in [6.07, 6.45) is -5.96. The first-order chi connectivity index (χ1) is 19.7. The van der Waals surface area contributed by atoms with E-state index in [0.717, 1.165) is 0 Å². The van der Waals surface area contributed by atoms with Crippen LogP contribution < -0.4 is 0 Å². The lowest BCUT2D eigenvalue weighted by molar-refractivity contribution is -0.221. The fraction of sp³-hybridized carbons (Fsp3) is 0.826. The number of fused-ring (bicyclic) bond motifs is 1. The smallest absolute Gasteiger partial charge is 0.303 e. The second kappa shape index (κ2) is 15.5. The molecule has 3 saturated heterocycles. The zero-order chi connectivity index (χ0) is 31.6. The first-order valence-electron chi connectivity index (χ1n) is 12.7. The fourth-order valence-electron chi connectivity index (χ4n) is 4.39. The molecule has 0 spiro atoms. The Kier molecular flexibility index (Phi) is 12.7. The lowest BCUT2D eigenvalue weighted by atomic mass is 10.0. The molecule has 234 valence electrons. The molecule has 9 atom stereocenters. The Balaban J connectivity index is 0.000000299. The van der Waals surface area contributed by atoms with Crippen LogP contribution in [0.4, 0.5) is 0 Å². The monoisotopic (exact) mass is 602 g/mol. The fourth-order valence-corrected chi connectivity index (χ4v) is 4.39. The number of azide groups is 2. The predicted octanol–water partition coefficient (Wildman–Crippen LogP) is 0.956. The van der Waals surface area contributed by atoms with Gasteiger partial charge >= 0.3 is 23.9 Å². The maximum atomic E-state index is 11.3. The van der Waals surface area contributed by atoms with Crippen LogP contribution in [0.1, 0.15) is 41.5 Å². The van der Waals surface area contributed by atoms with E-state index in [1.807, 2.05) is 0 Å². The maximum absolute atomic E-state index is 11.3. The molecule has 3 rings (SSSR count). The molecule has 19 heteroatoms. The third kappa shape index (κ3) is 9.99. The third-order valence-corrected chi connectivity index (χ3v) is 5.88. The summed E-state index contributed by atoms with van der Waals surface area (Å²) in [7, 11) is 0. The van der Waals surface area contributed by atoms with Gasteiger partial charge in [-0.2, -0.15) is 0 Å². The standard InChI is InChI=1S/C13H19N3O7.C10H15N3O6/c1-6(17)19-5-8(20-7(2)18)10-9(15-16-14)11-12(21-10)23-13(3,4)22-11;1-5(14)17-4-8(19-6(2)15)10-9(12-13-11)7(16)3-18-10/h8-12H,5H2,1-4H3;7-10,16H,3-4H2,1-2H3/t8-,9-,10+,11+,12+;7-,8-,9+,10+/m00/s1. The van der Waals surface area contributed by atoms with E-state index >= 15 is 0 Å². The van der Waals surface area contributed by atoms with Gasteiger partial charge in [-0.25, -0.2) is 0 Å². The molecule has 0 saturated carbocycles. The summed E-state index contributed by atoms with van der Waals surface area (Å²) in [6, 6.07) is -1.68. The van der Waals surface area contributed by atoms with E-state index < -0.39 is 84.7 Å².